The van der Waals surface area contributed by atoms with Gasteiger partial charge >= 0.3 is 0 Å². The Morgan fingerprint density at radius 1 is 1.54 bits per heavy atom. The summed E-state index contributed by atoms with van der Waals surface area (Å²) in [5.74, 6) is 0.636. The molecule has 0 aliphatic carbocycles. The van der Waals surface area contributed by atoms with Crippen molar-refractivity contribution >= 4 is 15.9 Å². The number of unbranched alkanes of at least 4 members (excludes halogenated alkanes) is 1. The number of aromatic nitrogens is 2. The second-order valence-corrected chi connectivity index (χ2v) is 3.60. The second-order valence-electron chi connectivity index (χ2n) is 2.79. The Labute approximate surface area is 86.7 Å². The minimum absolute atomic E-state index is 0.636. The molecule has 0 saturated heterocycles. The van der Waals surface area contributed by atoms with Crippen LogP contribution in [0.15, 0.2) is 10.8 Å². The maximum Gasteiger partial charge on any atom is 0.235 e. The summed E-state index contributed by atoms with van der Waals surface area (Å²) >= 11 is 3.25. The number of aryl methyl sites for hydroxylation is 1. The van der Waals surface area contributed by atoms with E-state index in [-0.39, 0.29) is 0 Å². The third-order valence-corrected chi connectivity index (χ3v) is 1.99. The summed E-state index contributed by atoms with van der Waals surface area (Å²) in [7, 11) is 0. The molecular weight excluding hydrogens is 232 g/mol. The van der Waals surface area contributed by atoms with Gasteiger partial charge in [-0.1, -0.05) is 13.3 Å². The smallest absolute Gasteiger partial charge is 0.235 e. The molecular formula is C9H13BrN2O. The summed E-state index contributed by atoms with van der Waals surface area (Å²) in [4.78, 5) is 8.30. The summed E-state index contributed by atoms with van der Waals surface area (Å²) in [6.07, 6.45) is 3.83. The topological polar surface area (TPSA) is 35.0 Å². The van der Waals surface area contributed by atoms with Gasteiger partial charge in [-0.25, -0.2) is 9.97 Å². The first-order valence-electron chi connectivity index (χ1n) is 4.36. The van der Waals surface area contributed by atoms with E-state index in [0.717, 1.165) is 23.1 Å². The maximum atomic E-state index is 5.44. The lowest BCUT2D eigenvalue weighted by molar-refractivity contribution is 0.293. The molecule has 72 valence electrons. The summed E-state index contributed by atoms with van der Waals surface area (Å²) < 4.78 is 6.18. The van der Waals surface area contributed by atoms with Gasteiger partial charge in [0.1, 0.15) is 10.3 Å². The van der Waals surface area contributed by atoms with Crippen molar-refractivity contribution in [1.29, 1.82) is 0 Å². The highest BCUT2D eigenvalue weighted by Crippen LogP contribution is 2.14. The Kier molecular flexibility index (Phi) is 4.15. The second kappa shape index (κ2) is 5.17. The molecule has 1 aromatic heterocycles. The van der Waals surface area contributed by atoms with Crippen molar-refractivity contribution in [1.82, 2.24) is 9.97 Å². The zero-order chi connectivity index (χ0) is 9.68. The van der Waals surface area contributed by atoms with E-state index in [0.29, 0.717) is 12.5 Å². The Hall–Kier alpha value is -0.640. The van der Waals surface area contributed by atoms with Crippen molar-refractivity contribution in [3.63, 3.8) is 0 Å². The Morgan fingerprint density at radius 2 is 2.31 bits per heavy atom. The Morgan fingerprint density at radius 3 is 2.92 bits per heavy atom. The molecule has 0 unspecified atom stereocenters. The van der Waals surface area contributed by atoms with Crippen LogP contribution >= 0.6 is 15.9 Å². The number of ether oxygens (including phenoxy) is 1. The molecule has 13 heavy (non-hydrogen) atoms. The first kappa shape index (κ1) is 10.4. The Bertz CT molecular complexity index is 278. The van der Waals surface area contributed by atoms with Crippen LogP contribution in [-0.2, 0) is 0 Å². The lowest BCUT2D eigenvalue weighted by Crippen LogP contribution is -2.01. The highest BCUT2D eigenvalue weighted by molar-refractivity contribution is 9.10. The van der Waals surface area contributed by atoms with E-state index in [4.69, 9.17) is 4.74 Å². The summed E-state index contributed by atoms with van der Waals surface area (Å²) in [5.41, 5.74) is 0.825. The average molecular weight is 245 g/mol. The molecule has 0 N–H and O–H groups in total. The molecule has 0 aromatic carbocycles. The molecule has 0 fully saturated rings. The van der Waals surface area contributed by atoms with Gasteiger partial charge in [-0.05, 0) is 29.3 Å². The van der Waals surface area contributed by atoms with Crippen LogP contribution in [0.2, 0.25) is 0 Å². The lowest BCUT2D eigenvalue weighted by Gasteiger charge is -2.05. The van der Waals surface area contributed by atoms with Gasteiger partial charge in [0.25, 0.3) is 0 Å². The molecule has 0 bridgehead atoms. The zero-order valence-electron chi connectivity index (χ0n) is 7.88. The maximum absolute atomic E-state index is 5.44. The Balaban J connectivity index is 2.56. The van der Waals surface area contributed by atoms with E-state index in [2.05, 4.69) is 32.8 Å². The molecule has 0 amide bonds. The third-order valence-electron chi connectivity index (χ3n) is 1.61. The fourth-order valence-corrected chi connectivity index (χ4v) is 1.27. The van der Waals surface area contributed by atoms with Crippen LogP contribution in [0.1, 0.15) is 25.5 Å². The van der Waals surface area contributed by atoms with Crippen LogP contribution in [0.3, 0.4) is 0 Å². The minimum atomic E-state index is 0.636. The van der Waals surface area contributed by atoms with Gasteiger partial charge in [0.15, 0.2) is 0 Å². The normalized spacial score (nSPS) is 10.1. The lowest BCUT2D eigenvalue weighted by atomic mass is 10.4. The molecule has 0 spiro atoms. The van der Waals surface area contributed by atoms with Gasteiger partial charge in [0.05, 0.1) is 12.8 Å². The molecule has 1 aromatic rings. The highest BCUT2D eigenvalue weighted by atomic mass is 79.9. The van der Waals surface area contributed by atoms with Crippen LogP contribution in [0.4, 0.5) is 0 Å². The van der Waals surface area contributed by atoms with E-state index < -0.39 is 0 Å². The number of hydrogen-bond donors (Lipinski definition) is 0. The van der Waals surface area contributed by atoms with E-state index >= 15 is 0 Å². The van der Waals surface area contributed by atoms with Crippen molar-refractivity contribution in [3.8, 4) is 5.88 Å². The van der Waals surface area contributed by atoms with Crippen LogP contribution in [0.5, 0.6) is 5.88 Å². The first-order valence-corrected chi connectivity index (χ1v) is 5.15. The standard InChI is InChI=1S/C9H13BrN2O/c1-3-4-5-13-9-7(2)12-8(10)6-11-9/h6H,3-5H2,1-2H3. The monoisotopic (exact) mass is 244 g/mol. The molecule has 1 rings (SSSR count). The van der Waals surface area contributed by atoms with Crippen molar-refractivity contribution < 1.29 is 4.74 Å². The fraction of sp³-hybridized carbons (Fsp3) is 0.556. The predicted molar refractivity (Wildman–Crippen MR) is 54.9 cm³/mol. The molecule has 0 atom stereocenters. The number of nitrogens with zero attached hydrogens (tertiary/aromatic N) is 2. The number of halogens is 1. The third kappa shape index (κ3) is 3.30. The van der Waals surface area contributed by atoms with Crippen molar-refractivity contribution in [2.45, 2.75) is 26.7 Å². The van der Waals surface area contributed by atoms with Crippen LogP contribution in [0, 0.1) is 6.92 Å². The van der Waals surface area contributed by atoms with Crippen molar-refractivity contribution in [2.24, 2.45) is 0 Å². The van der Waals surface area contributed by atoms with E-state index in [1.165, 1.54) is 0 Å². The van der Waals surface area contributed by atoms with Crippen LogP contribution < -0.4 is 4.74 Å². The van der Waals surface area contributed by atoms with E-state index in [1.807, 2.05) is 6.92 Å². The molecule has 0 radical (unpaired) electrons. The molecule has 0 aliphatic rings. The van der Waals surface area contributed by atoms with Gasteiger partial charge < -0.3 is 4.74 Å². The van der Waals surface area contributed by atoms with E-state index in [1.54, 1.807) is 6.20 Å². The molecule has 0 saturated carbocycles. The zero-order valence-corrected chi connectivity index (χ0v) is 9.47. The first-order chi connectivity index (χ1) is 6.24. The van der Waals surface area contributed by atoms with Gasteiger partial charge in [-0.2, -0.15) is 0 Å². The number of rotatable bonds is 4. The highest BCUT2D eigenvalue weighted by Gasteiger charge is 2.02. The average Bonchev–Trinajstić information content (AvgIpc) is 2.09. The van der Waals surface area contributed by atoms with Crippen molar-refractivity contribution in [3.05, 3.63) is 16.5 Å². The van der Waals surface area contributed by atoms with Crippen LogP contribution in [-0.4, -0.2) is 16.6 Å². The summed E-state index contributed by atoms with van der Waals surface area (Å²) in [6, 6.07) is 0. The molecule has 3 nitrogen and oxygen atoms in total. The summed E-state index contributed by atoms with van der Waals surface area (Å²) in [5, 5.41) is 0. The van der Waals surface area contributed by atoms with Gasteiger partial charge in [0, 0.05) is 0 Å². The molecule has 0 aliphatic heterocycles. The number of hydrogen-bond acceptors (Lipinski definition) is 3. The van der Waals surface area contributed by atoms with E-state index in [9.17, 15) is 0 Å². The fourth-order valence-electron chi connectivity index (χ4n) is 0.897. The summed E-state index contributed by atoms with van der Waals surface area (Å²) in [6.45, 7) is 4.73. The minimum Gasteiger partial charge on any atom is -0.476 e. The molecule has 1 heterocycles. The molecule has 4 heteroatoms. The van der Waals surface area contributed by atoms with Crippen LogP contribution in [0.25, 0.3) is 0 Å². The van der Waals surface area contributed by atoms with Crippen molar-refractivity contribution in [2.75, 3.05) is 6.61 Å². The predicted octanol–water partition coefficient (Wildman–Crippen LogP) is 2.73. The SMILES string of the molecule is CCCCOc1ncc(Br)nc1C. The quantitative estimate of drug-likeness (QED) is 0.765. The van der Waals surface area contributed by atoms with Gasteiger partial charge in [0.2, 0.25) is 5.88 Å². The van der Waals surface area contributed by atoms with Gasteiger partial charge in [-0.3, -0.25) is 0 Å². The van der Waals surface area contributed by atoms with Gasteiger partial charge in [-0.15, -0.1) is 0 Å². The largest absolute Gasteiger partial charge is 0.476 e.